The maximum absolute atomic E-state index is 12.8. The summed E-state index contributed by atoms with van der Waals surface area (Å²) in [4.78, 5) is 19.2. The number of hydrogen-bond donors (Lipinski definition) is 1. The van der Waals surface area contributed by atoms with E-state index in [1.165, 1.54) is 0 Å². The highest BCUT2D eigenvalue weighted by Gasteiger charge is 2.11. The number of anilines is 1. The molecule has 3 aromatic carbocycles. The van der Waals surface area contributed by atoms with Gasteiger partial charge in [0.25, 0.3) is 0 Å². The number of hydrogen-bond acceptors (Lipinski definition) is 6. The molecule has 7 heteroatoms. The molecule has 4 rings (SSSR count). The molecule has 0 fully saturated rings. The zero-order valence-corrected chi connectivity index (χ0v) is 22.2. The van der Waals surface area contributed by atoms with Crippen molar-refractivity contribution in [3.63, 3.8) is 0 Å². The normalized spacial score (nSPS) is 11.1. The van der Waals surface area contributed by atoms with Crippen LogP contribution in [0.4, 0.5) is 5.69 Å². The summed E-state index contributed by atoms with van der Waals surface area (Å²) < 4.78 is 10.6. The van der Waals surface area contributed by atoms with E-state index in [-0.39, 0.29) is 5.91 Å². The van der Waals surface area contributed by atoms with Gasteiger partial charge in [0.05, 0.1) is 13.5 Å². The number of methoxy groups -OCH3 is 1. The first-order valence-electron chi connectivity index (χ1n) is 12.4. The number of nitrogens with one attached hydrogen (secondary N) is 1. The number of aryl methyl sites for hydroxylation is 3. The van der Waals surface area contributed by atoms with Crippen molar-refractivity contribution in [2.75, 3.05) is 33.1 Å². The van der Waals surface area contributed by atoms with Gasteiger partial charge in [-0.1, -0.05) is 41.6 Å². The standard InChI is InChI=1S/C30H34N4O3/c1-20-17-25(30-31-21(2)37-33-30)12-14-27(20)23-10-8-22(9-11-23)18-29(35)32-26-13-15-28(36-5)24(19-26)7-6-16-34(3)4/h8-15,17,19H,6-7,16,18H2,1-5H3,(H,32,35). The lowest BCUT2D eigenvalue weighted by Gasteiger charge is -2.14. The SMILES string of the molecule is COc1ccc(NC(=O)Cc2ccc(-c3ccc(-c4noc(C)n4)cc3C)cc2)cc1CCCN(C)C. The third kappa shape index (κ3) is 6.83. The first kappa shape index (κ1) is 26.1. The number of carbonyl (C=O) groups is 1. The van der Waals surface area contributed by atoms with Crippen LogP contribution >= 0.6 is 0 Å². The van der Waals surface area contributed by atoms with Crippen molar-refractivity contribution < 1.29 is 14.1 Å². The quantitative estimate of drug-likeness (QED) is 0.302. The van der Waals surface area contributed by atoms with Crippen LogP contribution in [0.3, 0.4) is 0 Å². The van der Waals surface area contributed by atoms with E-state index >= 15 is 0 Å². The van der Waals surface area contributed by atoms with E-state index in [0.717, 1.165) is 64.2 Å². The van der Waals surface area contributed by atoms with E-state index in [1.807, 2.05) is 36.4 Å². The maximum Gasteiger partial charge on any atom is 0.228 e. The van der Waals surface area contributed by atoms with E-state index in [0.29, 0.717) is 18.1 Å². The summed E-state index contributed by atoms with van der Waals surface area (Å²) >= 11 is 0. The second-order valence-corrected chi connectivity index (χ2v) is 9.52. The molecule has 0 radical (unpaired) electrons. The van der Waals surface area contributed by atoms with Gasteiger partial charge >= 0.3 is 0 Å². The molecule has 1 N–H and O–H groups in total. The van der Waals surface area contributed by atoms with Crippen molar-refractivity contribution in [3.8, 4) is 28.3 Å². The molecule has 0 unspecified atom stereocenters. The van der Waals surface area contributed by atoms with E-state index in [9.17, 15) is 4.79 Å². The van der Waals surface area contributed by atoms with Crippen molar-refractivity contribution >= 4 is 11.6 Å². The minimum absolute atomic E-state index is 0.0481. The first-order valence-corrected chi connectivity index (χ1v) is 12.4. The smallest absolute Gasteiger partial charge is 0.228 e. The Morgan fingerprint density at radius 2 is 1.76 bits per heavy atom. The van der Waals surface area contributed by atoms with Crippen LogP contribution in [0, 0.1) is 13.8 Å². The number of ether oxygens (including phenoxy) is 1. The van der Waals surface area contributed by atoms with Gasteiger partial charge < -0.3 is 19.5 Å². The van der Waals surface area contributed by atoms with Gasteiger partial charge in [-0.25, -0.2) is 0 Å². The Bertz CT molecular complexity index is 1360. The lowest BCUT2D eigenvalue weighted by Crippen LogP contribution is -2.15. The highest BCUT2D eigenvalue weighted by Crippen LogP contribution is 2.28. The summed E-state index contributed by atoms with van der Waals surface area (Å²) in [5.74, 6) is 1.94. The van der Waals surface area contributed by atoms with Gasteiger partial charge in [0, 0.05) is 18.2 Å². The monoisotopic (exact) mass is 498 g/mol. The number of benzene rings is 3. The molecule has 1 amide bonds. The molecule has 7 nitrogen and oxygen atoms in total. The Balaban J connectivity index is 1.39. The number of nitrogens with zero attached hydrogens (tertiary/aromatic N) is 3. The fourth-order valence-corrected chi connectivity index (χ4v) is 4.37. The second kappa shape index (κ2) is 11.8. The molecular weight excluding hydrogens is 464 g/mol. The predicted molar refractivity (Wildman–Crippen MR) is 147 cm³/mol. The zero-order valence-electron chi connectivity index (χ0n) is 22.2. The molecule has 4 aromatic rings. The van der Waals surface area contributed by atoms with Gasteiger partial charge in [0.2, 0.25) is 17.6 Å². The van der Waals surface area contributed by atoms with Crippen molar-refractivity contribution in [1.29, 1.82) is 0 Å². The van der Waals surface area contributed by atoms with Crippen molar-refractivity contribution in [3.05, 3.63) is 83.2 Å². The predicted octanol–water partition coefficient (Wildman–Crippen LogP) is 5.70. The van der Waals surface area contributed by atoms with Crippen molar-refractivity contribution in [2.24, 2.45) is 0 Å². The summed E-state index contributed by atoms with van der Waals surface area (Å²) in [5.41, 5.74) is 7.10. The second-order valence-electron chi connectivity index (χ2n) is 9.52. The number of rotatable bonds is 10. The Morgan fingerprint density at radius 1 is 1.00 bits per heavy atom. The van der Waals surface area contributed by atoms with Crippen LogP contribution in [-0.4, -0.2) is 48.7 Å². The molecule has 192 valence electrons. The highest BCUT2D eigenvalue weighted by molar-refractivity contribution is 5.92. The highest BCUT2D eigenvalue weighted by atomic mass is 16.5. The van der Waals surface area contributed by atoms with Crippen molar-refractivity contribution in [1.82, 2.24) is 15.0 Å². The van der Waals surface area contributed by atoms with E-state index in [4.69, 9.17) is 9.26 Å². The number of carbonyl (C=O) groups excluding carboxylic acids is 1. The van der Waals surface area contributed by atoms with Crippen LogP contribution in [0.15, 0.2) is 65.2 Å². The van der Waals surface area contributed by atoms with Gasteiger partial charge in [-0.05, 0) is 92.5 Å². The van der Waals surface area contributed by atoms with Gasteiger partial charge in [0.15, 0.2) is 0 Å². The molecule has 37 heavy (non-hydrogen) atoms. The van der Waals surface area contributed by atoms with Crippen LogP contribution in [0.25, 0.3) is 22.5 Å². The largest absolute Gasteiger partial charge is 0.496 e. The first-order chi connectivity index (χ1) is 17.8. The molecule has 0 saturated carbocycles. The summed E-state index contributed by atoms with van der Waals surface area (Å²) in [5, 5.41) is 7.04. The van der Waals surface area contributed by atoms with Gasteiger partial charge in [-0.15, -0.1) is 0 Å². The minimum Gasteiger partial charge on any atom is -0.496 e. The van der Waals surface area contributed by atoms with Crippen LogP contribution in [0.5, 0.6) is 5.75 Å². The number of amides is 1. The Kier molecular flexibility index (Phi) is 8.36. The van der Waals surface area contributed by atoms with Gasteiger partial charge in [0.1, 0.15) is 5.75 Å². The van der Waals surface area contributed by atoms with Gasteiger partial charge in [-0.3, -0.25) is 4.79 Å². The number of aromatic nitrogens is 2. The molecule has 0 saturated heterocycles. The molecule has 0 aliphatic heterocycles. The lowest BCUT2D eigenvalue weighted by molar-refractivity contribution is -0.115. The molecule has 0 aliphatic rings. The van der Waals surface area contributed by atoms with Crippen LogP contribution in [0.2, 0.25) is 0 Å². The Hall–Kier alpha value is -3.97. The average molecular weight is 499 g/mol. The van der Waals surface area contributed by atoms with Crippen LogP contribution in [0.1, 0.15) is 29.0 Å². The minimum atomic E-state index is -0.0481. The lowest BCUT2D eigenvalue weighted by atomic mass is 9.97. The fourth-order valence-electron chi connectivity index (χ4n) is 4.37. The fraction of sp³-hybridized carbons (Fsp3) is 0.300. The Morgan fingerprint density at radius 3 is 2.41 bits per heavy atom. The molecule has 1 aromatic heterocycles. The molecule has 0 bridgehead atoms. The summed E-state index contributed by atoms with van der Waals surface area (Å²) in [6, 6.07) is 20.1. The van der Waals surface area contributed by atoms with E-state index in [2.05, 4.69) is 65.6 Å². The Labute approximate surface area is 218 Å². The summed E-state index contributed by atoms with van der Waals surface area (Å²) in [6.45, 7) is 4.84. The third-order valence-electron chi connectivity index (χ3n) is 6.26. The average Bonchev–Trinajstić information content (AvgIpc) is 3.31. The zero-order chi connectivity index (χ0) is 26.4. The van der Waals surface area contributed by atoms with Crippen LogP contribution < -0.4 is 10.1 Å². The summed E-state index contributed by atoms with van der Waals surface area (Å²) in [6.07, 6.45) is 2.21. The van der Waals surface area contributed by atoms with Crippen LogP contribution in [-0.2, 0) is 17.6 Å². The summed E-state index contributed by atoms with van der Waals surface area (Å²) in [7, 11) is 5.81. The maximum atomic E-state index is 12.8. The molecule has 0 aliphatic carbocycles. The van der Waals surface area contributed by atoms with Crippen molar-refractivity contribution in [2.45, 2.75) is 33.1 Å². The third-order valence-corrected chi connectivity index (χ3v) is 6.26. The van der Waals surface area contributed by atoms with E-state index in [1.54, 1.807) is 14.0 Å². The van der Waals surface area contributed by atoms with Gasteiger partial charge in [-0.2, -0.15) is 4.98 Å². The topological polar surface area (TPSA) is 80.5 Å². The molecular formula is C30H34N4O3. The van der Waals surface area contributed by atoms with E-state index < -0.39 is 0 Å². The molecule has 0 spiro atoms. The molecule has 1 heterocycles. The molecule has 0 atom stereocenters.